The van der Waals surface area contributed by atoms with Crippen LogP contribution in [0.1, 0.15) is 44.5 Å². The maximum atomic E-state index is 12.6. The van der Waals surface area contributed by atoms with E-state index in [9.17, 15) is 8.42 Å². The van der Waals surface area contributed by atoms with Crippen LogP contribution in [-0.4, -0.2) is 15.5 Å². The summed E-state index contributed by atoms with van der Waals surface area (Å²) >= 11 is -3.27. The quantitative estimate of drug-likeness (QED) is 0.0839. The van der Waals surface area contributed by atoms with Gasteiger partial charge in [-0.25, -0.2) is 8.42 Å². The smallest absolute Gasteiger partial charge is 0.240 e. The van der Waals surface area contributed by atoms with Crippen molar-refractivity contribution in [2.75, 3.05) is 18.6 Å². The highest BCUT2D eigenvalue weighted by atomic mass is 32.2. The number of rotatable bonds is 17. The minimum Gasteiger partial charge on any atom is -0.495 e. The minimum absolute atomic E-state index is 0.495. The summed E-state index contributed by atoms with van der Waals surface area (Å²) in [5.41, 5.74) is 22.2. The van der Waals surface area contributed by atoms with E-state index in [2.05, 4.69) is 62.4 Å². The van der Waals surface area contributed by atoms with Crippen LogP contribution in [0, 0.1) is 41.5 Å². The van der Waals surface area contributed by atoms with Gasteiger partial charge in [-0.15, -0.1) is 0 Å². The van der Waals surface area contributed by atoms with E-state index in [1.54, 1.807) is 122 Å². The lowest BCUT2D eigenvalue weighted by molar-refractivity contribution is 0.417. The molecule has 11 aromatic carbocycles. The molecule has 0 aliphatic carbocycles. The molecule has 442 valence electrons. The van der Waals surface area contributed by atoms with E-state index in [-0.39, 0.29) is 0 Å². The lowest BCUT2D eigenvalue weighted by Gasteiger charge is -2.09. The van der Waals surface area contributed by atoms with Crippen LogP contribution in [0.5, 0.6) is 63.2 Å². The largest absolute Gasteiger partial charge is 0.495 e. The van der Waals surface area contributed by atoms with Gasteiger partial charge >= 0.3 is 0 Å². The number of aryl methyl sites for hydroxylation is 6. The predicted octanol–water partition coefficient (Wildman–Crippen LogP) is 18.7. The van der Waals surface area contributed by atoms with Gasteiger partial charge in [-0.2, -0.15) is 0 Å². The molecular weight excluding hydrogens is 1120 g/mol. The minimum atomic E-state index is -1.64. The van der Waals surface area contributed by atoms with E-state index in [0.29, 0.717) is 61.4 Å². The van der Waals surface area contributed by atoms with Crippen LogP contribution >= 0.6 is 0 Å². The monoisotopic (exact) mass is 1190 g/mol. The topological polar surface area (TPSA) is 151 Å². The molecule has 0 fully saturated rings. The molecule has 0 radical (unpaired) electrons. The van der Waals surface area contributed by atoms with Crippen molar-refractivity contribution in [3.05, 3.63) is 305 Å². The summed E-state index contributed by atoms with van der Waals surface area (Å²) in [6.45, 7) is 12.3. The lowest BCUT2D eigenvalue weighted by atomic mass is 10.0. The van der Waals surface area contributed by atoms with Gasteiger partial charge in [0.2, 0.25) is 22.2 Å². The van der Waals surface area contributed by atoms with Crippen LogP contribution in [-0.2, 0) is 28.6 Å². The fourth-order valence-corrected chi connectivity index (χ4v) is 9.63. The molecule has 0 spiro atoms. The highest BCUT2D eigenvalue weighted by molar-refractivity contribution is 7.80. The maximum absolute atomic E-state index is 12.6. The van der Waals surface area contributed by atoms with Crippen molar-refractivity contribution in [3.63, 3.8) is 0 Å². The third-order valence-electron chi connectivity index (χ3n) is 12.9. The van der Waals surface area contributed by atoms with Crippen molar-refractivity contribution in [2.24, 2.45) is 0 Å². The van der Waals surface area contributed by atoms with Crippen LogP contribution < -0.4 is 43.5 Å². The first-order chi connectivity index (χ1) is 42.1. The van der Waals surface area contributed by atoms with Crippen molar-refractivity contribution in [1.29, 1.82) is 0 Å². The number of anilines is 2. The average molecular weight is 1200 g/mol. The summed E-state index contributed by atoms with van der Waals surface area (Å²) in [5.74, 6) is 7.40. The number of nitrogen functional groups attached to an aromatic ring is 2. The summed E-state index contributed by atoms with van der Waals surface area (Å²) in [6.07, 6.45) is 1.03. The van der Waals surface area contributed by atoms with Gasteiger partial charge in [0, 0.05) is 5.69 Å². The molecule has 2 unspecified atom stereocenters. The van der Waals surface area contributed by atoms with E-state index in [4.69, 9.17) is 43.5 Å². The van der Waals surface area contributed by atoms with Gasteiger partial charge in [-0.05, 0) is 234 Å². The first-order valence-corrected chi connectivity index (χ1v) is 30.1. The summed E-state index contributed by atoms with van der Waals surface area (Å²) in [6, 6.07) is 82.0. The van der Waals surface area contributed by atoms with E-state index in [1.807, 2.05) is 125 Å². The Bertz CT molecular complexity index is 3910. The summed E-state index contributed by atoms with van der Waals surface area (Å²) < 4.78 is 64.4. The molecule has 11 nitrogen and oxygen atoms in total. The number of methoxy groups -OCH3 is 1. The van der Waals surface area contributed by atoms with Gasteiger partial charge in [-0.3, -0.25) is 0 Å². The third-order valence-corrected chi connectivity index (χ3v) is 14.9. The maximum Gasteiger partial charge on any atom is 0.240 e. The fourth-order valence-electron chi connectivity index (χ4n) is 8.15. The Morgan fingerprint density at radius 2 is 0.609 bits per heavy atom. The van der Waals surface area contributed by atoms with Crippen molar-refractivity contribution in [3.8, 4) is 63.2 Å². The molecule has 4 N–H and O–H groups in total. The highest BCUT2D eigenvalue weighted by Gasteiger charge is 2.11. The first kappa shape index (κ1) is 63.0. The van der Waals surface area contributed by atoms with Crippen LogP contribution in [0.3, 0.4) is 0 Å². The number of hydrogen-bond donors (Lipinski definition) is 2. The van der Waals surface area contributed by atoms with Gasteiger partial charge < -0.3 is 43.5 Å². The number of hydrogen-bond acceptors (Lipinski definition) is 11. The molecule has 0 aliphatic heterocycles. The fraction of sp³-hybridized carbons (Fsp3) is 0.108. The zero-order chi connectivity index (χ0) is 61.5. The summed E-state index contributed by atoms with van der Waals surface area (Å²) in [5, 5.41) is 0. The zero-order valence-corrected chi connectivity index (χ0v) is 51.3. The number of benzene rings is 11. The second-order valence-corrected chi connectivity index (χ2v) is 22.6. The second kappa shape index (κ2) is 31.7. The van der Waals surface area contributed by atoms with E-state index in [0.717, 1.165) is 40.5 Å². The summed E-state index contributed by atoms with van der Waals surface area (Å²) in [7, 11) is 1.57. The molecule has 13 heteroatoms. The van der Waals surface area contributed by atoms with Crippen LogP contribution in [0.2, 0.25) is 0 Å². The van der Waals surface area contributed by atoms with Crippen LogP contribution in [0.4, 0.5) is 11.4 Å². The van der Waals surface area contributed by atoms with Gasteiger partial charge in [0.05, 0.1) is 22.6 Å². The van der Waals surface area contributed by atoms with Crippen LogP contribution in [0.15, 0.2) is 271 Å². The molecule has 0 heterocycles. The molecule has 2 atom stereocenters. The SMILES string of the molecule is COc1ccc(N)cc1N.Cc1ccc(Cc2ccc(C)cc2)cc1.Cc1ccc(Oc2ccc(OS(=O)c3ccc(Oc4ccc(C)cc4)cc3)cc2)cc1.Cc1cccc(Oc2ccc(OS(=O)c3ccc(Oc4cccc(C)c4)cc3)cc2)c1. The molecule has 0 saturated carbocycles. The van der Waals surface area contributed by atoms with Crippen molar-refractivity contribution in [2.45, 2.75) is 57.8 Å². The molecule has 0 bridgehead atoms. The van der Waals surface area contributed by atoms with Crippen molar-refractivity contribution in [1.82, 2.24) is 0 Å². The molecule has 11 rings (SSSR count). The predicted molar refractivity (Wildman–Crippen MR) is 352 cm³/mol. The molecular formula is C74H70N2O9S2. The standard InChI is InChI=1S/2C26H22O4S.C15H16.C7H10N2O/c1-19-3-7-21(8-4-19)28-23-11-13-25(14-12-23)30-31(27)26-17-15-24(16-18-26)29-22-9-5-20(2)6-10-22;1-19-5-3-7-24(17-19)28-21-9-11-23(12-10-21)30-31(27)26-15-13-22(14-16-26)29-25-8-4-6-20(2)18-25;1-12-3-7-14(8-4-12)11-15-9-5-13(2)6-10-15;1-10-7-3-2-5(8)4-6(7)9/h2*3-18H,1-2H3;3-10H,11H2,1-2H3;2-4H,8-9H2,1H3. The lowest BCUT2D eigenvalue weighted by Crippen LogP contribution is -2.01. The molecule has 0 aliphatic rings. The Labute approximate surface area is 516 Å². The zero-order valence-electron chi connectivity index (χ0n) is 49.7. The molecule has 11 aromatic rings. The summed E-state index contributed by atoms with van der Waals surface area (Å²) in [4.78, 5) is 1.10. The highest BCUT2D eigenvalue weighted by Crippen LogP contribution is 2.30. The Morgan fingerprint density at radius 1 is 0.310 bits per heavy atom. The van der Waals surface area contributed by atoms with Gasteiger partial charge in [-0.1, -0.05) is 119 Å². The van der Waals surface area contributed by atoms with Crippen molar-refractivity contribution >= 4 is 33.5 Å². The molecule has 0 aromatic heterocycles. The average Bonchev–Trinajstić information content (AvgIpc) is 3.72. The third kappa shape index (κ3) is 20.9. The van der Waals surface area contributed by atoms with E-state index in [1.165, 1.54) is 33.4 Å². The van der Waals surface area contributed by atoms with Gasteiger partial charge in [0.15, 0.2) is 0 Å². The second-order valence-electron chi connectivity index (χ2n) is 20.3. The van der Waals surface area contributed by atoms with E-state index >= 15 is 0 Å². The number of ether oxygens (including phenoxy) is 5. The molecule has 0 saturated heterocycles. The van der Waals surface area contributed by atoms with Crippen molar-refractivity contribution < 1.29 is 40.5 Å². The number of nitrogens with two attached hydrogens (primary N) is 2. The molecule has 0 amide bonds. The normalized spacial score (nSPS) is 11.1. The Hall–Kier alpha value is -10.1. The molecule has 87 heavy (non-hydrogen) atoms. The Balaban J connectivity index is 0.000000164. The van der Waals surface area contributed by atoms with Crippen LogP contribution in [0.25, 0.3) is 0 Å². The van der Waals surface area contributed by atoms with E-state index < -0.39 is 22.2 Å². The van der Waals surface area contributed by atoms with Gasteiger partial charge in [0.1, 0.15) is 63.2 Å². The Kier molecular flexibility index (Phi) is 22.9. The first-order valence-electron chi connectivity index (χ1n) is 28.0. The Morgan fingerprint density at radius 3 is 0.931 bits per heavy atom. The van der Waals surface area contributed by atoms with Gasteiger partial charge in [0.25, 0.3) is 0 Å².